The highest BCUT2D eigenvalue weighted by atomic mass is 16.5. The van der Waals surface area contributed by atoms with E-state index in [0.717, 1.165) is 12.8 Å². The average molecular weight is 262 g/mol. The average Bonchev–Trinajstić information content (AvgIpc) is 2.63. The molecule has 2 unspecified atom stereocenters. The molecular weight excluding hydrogens is 244 g/mol. The summed E-state index contributed by atoms with van der Waals surface area (Å²) in [5.74, 6) is -0.733. The molecule has 2 saturated heterocycles. The second-order valence-corrected chi connectivity index (χ2v) is 5.42. The number of aromatic nitrogens is 1. The molecule has 3 rings (SSSR count). The van der Waals surface area contributed by atoms with E-state index in [4.69, 9.17) is 9.84 Å². The van der Waals surface area contributed by atoms with Gasteiger partial charge in [0.1, 0.15) is 11.7 Å². The molecule has 0 aliphatic carbocycles. The van der Waals surface area contributed by atoms with Crippen LogP contribution in [0.15, 0.2) is 18.3 Å². The molecule has 5 nitrogen and oxygen atoms in total. The van der Waals surface area contributed by atoms with Gasteiger partial charge in [-0.05, 0) is 44.9 Å². The molecule has 0 spiro atoms. The highest BCUT2D eigenvalue weighted by Crippen LogP contribution is 2.36. The summed E-state index contributed by atoms with van der Waals surface area (Å²) in [6, 6.07) is 4.30. The molecule has 19 heavy (non-hydrogen) atoms. The summed E-state index contributed by atoms with van der Waals surface area (Å²) < 4.78 is 5.86. The summed E-state index contributed by atoms with van der Waals surface area (Å²) >= 11 is 0. The van der Waals surface area contributed by atoms with Gasteiger partial charge < -0.3 is 14.7 Å². The zero-order chi connectivity index (χ0) is 13.4. The first-order chi connectivity index (χ1) is 9.15. The summed E-state index contributed by atoms with van der Waals surface area (Å²) in [6.07, 6.45) is 6.02. The number of aromatic carboxylic acids is 1. The highest BCUT2D eigenvalue weighted by molar-refractivity contribution is 5.90. The normalized spacial score (nSPS) is 30.3. The third kappa shape index (κ3) is 2.30. The van der Waals surface area contributed by atoms with Crippen molar-refractivity contribution in [3.8, 4) is 5.88 Å². The molecule has 102 valence electrons. The second kappa shape index (κ2) is 4.81. The van der Waals surface area contributed by atoms with Gasteiger partial charge in [0.15, 0.2) is 0 Å². The van der Waals surface area contributed by atoms with Crippen LogP contribution in [0.25, 0.3) is 0 Å². The summed E-state index contributed by atoms with van der Waals surface area (Å²) in [6.45, 7) is 0. The molecule has 2 fully saturated rings. The van der Waals surface area contributed by atoms with Gasteiger partial charge in [0.2, 0.25) is 5.88 Å². The van der Waals surface area contributed by atoms with E-state index in [1.165, 1.54) is 18.9 Å². The van der Waals surface area contributed by atoms with Crippen LogP contribution in [-0.2, 0) is 0 Å². The van der Waals surface area contributed by atoms with Crippen LogP contribution in [0.2, 0.25) is 0 Å². The maximum absolute atomic E-state index is 11.1. The number of nitrogens with zero attached hydrogens (tertiary/aromatic N) is 2. The van der Waals surface area contributed by atoms with Crippen LogP contribution in [0.4, 0.5) is 0 Å². The number of carbonyl (C=O) groups is 1. The number of carboxylic acids is 1. The van der Waals surface area contributed by atoms with Crippen LogP contribution in [0, 0.1) is 0 Å². The lowest BCUT2D eigenvalue weighted by atomic mass is 10.0. The van der Waals surface area contributed by atoms with Gasteiger partial charge >= 0.3 is 5.97 Å². The number of piperidine rings is 1. The number of fused-ring (bicyclic) bond motifs is 2. The van der Waals surface area contributed by atoms with Crippen LogP contribution >= 0.6 is 0 Å². The Bertz CT molecular complexity index is 477. The van der Waals surface area contributed by atoms with Crippen molar-refractivity contribution < 1.29 is 14.6 Å². The fourth-order valence-electron chi connectivity index (χ4n) is 3.26. The third-order valence-electron chi connectivity index (χ3n) is 4.33. The lowest BCUT2D eigenvalue weighted by molar-refractivity contribution is 0.0583. The monoisotopic (exact) mass is 262 g/mol. The molecule has 1 aromatic rings. The second-order valence-electron chi connectivity index (χ2n) is 5.42. The summed E-state index contributed by atoms with van der Waals surface area (Å²) in [5, 5.41) is 9.13. The third-order valence-corrected chi connectivity index (χ3v) is 4.33. The van der Waals surface area contributed by atoms with Crippen molar-refractivity contribution >= 4 is 5.97 Å². The molecule has 2 bridgehead atoms. The van der Waals surface area contributed by atoms with E-state index >= 15 is 0 Å². The molecule has 2 aliphatic heterocycles. The maximum atomic E-state index is 11.1. The largest absolute Gasteiger partial charge is 0.477 e. The Labute approximate surface area is 112 Å². The molecule has 2 aliphatic rings. The molecule has 2 atom stereocenters. The van der Waals surface area contributed by atoms with Gasteiger partial charge in [-0.15, -0.1) is 0 Å². The Kier molecular flexibility index (Phi) is 3.14. The van der Waals surface area contributed by atoms with E-state index in [0.29, 0.717) is 12.1 Å². The van der Waals surface area contributed by atoms with Crippen molar-refractivity contribution in [3.63, 3.8) is 0 Å². The molecule has 3 heterocycles. The van der Waals surface area contributed by atoms with E-state index in [1.54, 1.807) is 12.3 Å². The first-order valence-corrected chi connectivity index (χ1v) is 6.72. The number of pyridine rings is 1. The van der Waals surface area contributed by atoms with Crippen LogP contribution in [0.3, 0.4) is 0 Å². The minimum atomic E-state index is -0.987. The molecule has 1 N–H and O–H groups in total. The predicted molar refractivity (Wildman–Crippen MR) is 69.4 cm³/mol. The highest BCUT2D eigenvalue weighted by Gasteiger charge is 2.39. The van der Waals surface area contributed by atoms with Crippen molar-refractivity contribution in [1.29, 1.82) is 0 Å². The molecule has 0 amide bonds. The van der Waals surface area contributed by atoms with Gasteiger partial charge in [0.25, 0.3) is 0 Å². The van der Waals surface area contributed by atoms with Crippen LogP contribution in [-0.4, -0.2) is 46.2 Å². The Balaban J connectivity index is 1.74. The summed E-state index contributed by atoms with van der Waals surface area (Å²) in [7, 11) is 2.17. The van der Waals surface area contributed by atoms with E-state index in [9.17, 15) is 4.79 Å². The zero-order valence-electron chi connectivity index (χ0n) is 11.0. The fourth-order valence-corrected chi connectivity index (χ4v) is 3.26. The van der Waals surface area contributed by atoms with Crippen molar-refractivity contribution in [1.82, 2.24) is 9.88 Å². The summed E-state index contributed by atoms with van der Waals surface area (Å²) in [4.78, 5) is 17.6. The van der Waals surface area contributed by atoms with Gasteiger partial charge in [-0.3, -0.25) is 0 Å². The first kappa shape index (κ1) is 12.4. The summed E-state index contributed by atoms with van der Waals surface area (Å²) in [5.41, 5.74) is 0.147. The van der Waals surface area contributed by atoms with Crippen molar-refractivity contribution in [2.45, 2.75) is 43.9 Å². The van der Waals surface area contributed by atoms with Gasteiger partial charge in [0.05, 0.1) is 0 Å². The van der Waals surface area contributed by atoms with Gasteiger partial charge in [0, 0.05) is 18.3 Å². The number of hydrogen-bond donors (Lipinski definition) is 1. The van der Waals surface area contributed by atoms with Crippen molar-refractivity contribution in [2.75, 3.05) is 7.05 Å². The minimum absolute atomic E-state index is 0.0849. The smallest absolute Gasteiger partial charge is 0.341 e. The standard InChI is InChI=1S/C14H18N2O3/c1-16-9-4-5-10(16)8-11(7-9)19-13-12(14(17)18)3-2-6-15-13/h2-3,6,9-11H,4-5,7-8H2,1H3,(H,17,18). The van der Waals surface area contributed by atoms with Crippen LogP contribution in [0.5, 0.6) is 5.88 Å². The number of rotatable bonds is 3. The van der Waals surface area contributed by atoms with Gasteiger partial charge in [-0.2, -0.15) is 0 Å². The van der Waals surface area contributed by atoms with Crippen LogP contribution < -0.4 is 4.74 Å². The zero-order valence-corrected chi connectivity index (χ0v) is 11.0. The molecule has 5 heteroatoms. The lowest BCUT2D eigenvalue weighted by Gasteiger charge is -2.36. The topological polar surface area (TPSA) is 62.7 Å². The van der Waals surface area contributed by atoms with Gasteiger partial charge in [-0.25, -0.2) is 9.78 Å². The number of hydrogen-bond acceptors (Lipinski definition) is 4. The molecule has 0 aromatic carbocycles. The van der Waals surface area contributed by atoms with Crippen LogP contribution in [0.1, 0.15) is 36.0 Å². The number of ether oxygens (including phenoxy) is 1. The molecular formula is C14H18N2O3. The lowest BCUT2D eigenvalue weighted by Crippen LogP contribution is -2.44. The van der Waals surface area contributed by atoms with Gasteiger partial charge in [-0.1, -0.05) is 0 Å². The van der Waals surface area contributed by atoms with Crippen molar-refractivity contribution in [3.05, 3.63) is 23.9 Å². The minimum Gasteiger partial charge on any atom is -0.477 e. The fraction of sp³-hybridized carbons (Fsp3) is 0.571. The Morgan fingerprint density at radius 1 is 1.42 bits per heavy atom. The maximum Gasteiger partial charge on any atom is 0.341 e. The number of carboxylic acid groups (broad SMARTS) is 1. The Morgan fingerprint density at radius 2 is 2.11 bits per heavy atom. The quantitative estimate of drug-likeness (QED) is 0.899. The van der Waals surface area contributed by atoms with E-state index in [2.05, 4.69) is 16.9 Å². The van der Waals surface area contributed by atoms with E-state index in [-0.39, 0.29) is 17.5 Å². The van der Waals surface area contributed by atoms with E-state index in [1.807, 2.05) is 0 Å². The Morgan fingerprint density at radius 3 is 2.74 bits per heavy atom. The Hall–Kier alpha value is -1.62. The SMILES string of the molecule is CN1C2CCC1CC(Oc1ncccc1C(=O)O)C2. The molecule has 0 radical (unpaired) electrons. The molecule has 0 saturated carbocycles. The molecule has 1 aromatic heterocycles. The van der Waals surface area contributed by atoms with Crippen molar-refractivity contribution in [2.24, 2.45) is 0 Å². The van der Waals surface area contributed by atoms with E-state index < -0.39 is 5.97 Å². The predicted octanol–water partition coefficient (Wildman–Crippen LogP) is 1.78. The first-order valence-electron chi connectivity index (χ1n) is 6.72.